The summed E-state index contributed by atoms with van der Waals surface area (Å²) >= 11 is 1.43. The van der Waals surface area contributed by atoms with Crippen LogP contribution in [0.5, 0.6) is 0 Å². The fourth-order valence-electron chi connectivity index (χ4n) is 4.07. The molecule has 0 bridgehead atoms. The Kier molecular flexibility index (Phi) is 4.44. The number of nitrogens with one attached hydrogen (secondary N) is 1. The topological polar surface area (TPSA) is 69.6 Å². The first-order valence-electron chi connectivity index (χ1n) is 9.07. The molecular formula is C20H22N2O3S. The van der Waals surface area contributed by atoms with Crippen molar-refractivity contribution < 1.29 is 14.7 Å². The third kappa shape index (κ3) is 2.98. The largest absolute Gasteiger partial charge is 0.478 e. The zero-order valence-corrected chi connectivity index (χ0v) is 15.6. The van der Waals surface area contributed by atoms with Crippen molar-refractivity contribution in [1.29, 1.82) is 0 Å². The molecule has 0 saturated heterocycles. The minimum absolute atomic E-state index is 0.158. The van der Waals surface area contributed by atoms with E-state index in [1.807, 2.05) is 18.2 Å². The van der Waals surface area contributed by atoms with Crippen LogP contribution in [-0.4, -0.2) is 29.6 Å². The molecule has 136 valence electrons. The monoisotopic (exact) mass is 370 g/mol. The van der Waals surface area contributed by atoms with Gasteiger partial charge < -0.3 is 15.3 Å². The van der Waals surface area contributed by atoms with E-state index in [0.29, 0.717) is 10.6 Å². The van der Waals surface area contributed by atoms with Crippen molar-refractivity contribution in [3.8, 4) is 0 Å². The van der Waals surface area contributed by atoms with E-state index in [1.54, 1.807) is 0 Å². The summed E-state index contributed by atoms with van der Waals surface area (Å²) in [5.74, 6) is -1.10. The molecule has 2 N–H and O–H groups in total. The smallest absolute Gasteiger partial charge is 0.339 e. The molecule has 1 aliphatic carbocycles. The number of aryl methyl sites for hydroxylation is 1. The molecule has 1 aromatic carbocycles. The highest BCUT2D eigenvalue weighted by atomic mass is 32.1. The number of hydrogen-bond donors (Lipinski definition) is 2. The van der Waals surface area contributed by atoms with E-state index in [-0.39, 0.29) is 18.5 Å². The Morgan fingerprint density at radius 1 is 1.27 bits per heavy atom. The number of anilines is 2. The predicted molar refractivity (Wildman–Crippen MR) is 104 cm³/mol. The Labute approximate surface area is 156 Å². The Balaban J connectivity index is 1.54. The molecule has 1 aliphatic heterocycles. The average Bonchev–Trinajstić information content (AvgIpc) is 3.12. The van der Waals surface area contributed by atoms with Crippen LogP contribution in [0.25, 0.3) is 0 Å². The number of benzene rings is 1. The van der Waals surface area contributed by atoms with Crippen LogP contribution in [0.3, 0.4) is 0 Å². The van der Waals surface area contributed by atoms with E-state index in [9.17, 15) is 14.7 Å². The van der Waals surface area contributed by atoms with Crippen LogP contribution in [0.15, 0.2) is 24.3 Å². The number of carboxylic acid groups (broad SMARTS) is 1. The summed E-state index contributed by atoms with van der Waals surface area (Å²) in [6, 6.07) is 8.40. The van der Waals surface area contributed by atoms with Gasteiger partial charge in [-0.1, -0.05) is 18.2 Å². The molecular weight excluding hydrogens is 348 g/mol. The van der Waals surface area contributed by atoms with E-state index in [2.05, 4.69) is 23.2 Å². The molecule has 1 atom stereocenters. The van der Waals surface area contributed by atoms with Gasteiger partial charge in [0.25, 0.3) is 0 Å². The number of nitrogens with zero attached hydrogens (tertiary/aromatic N) is 1. The van der Waals surface area contributed by atoms with Gasteiger partial charge in [-0.05, 0) is 56.2 Å². The third-order valence-electron chi connectivity index (χ3n) is 5.30. The molecule has 4 rings (SSSR count). The summed E-state index contributed by atoms with van der Waals surface area (Å²) in [4.78, 5) is 27.6. The van der Waals surface area contributed by atoms with Crippen LogP contribution in [0.1, 0.15) is 46.1 Å². The van der Waals surface area contributed by atoms with Crippen molar-refractivity contribution in [1.82, 2.24) is 0 Å². The van der Waals surface area contributed by atoms with Crippen LogP contribution < -0.4 is 10.2 Å². The van der Waals surface area contributed by atoms with Crippen molar-refractivity contribution in [2.75, 3.05) is 16.8 Å². The molecule has 1 unspecified atom stereocenters. The number of para-hydroxylation sites is 1. The van der Waals surface area contributed by atoms with Gasteiger partial charge in [-0.2, -0.15) is 0 Å². The van der Waals surface area contributed by atoms with Crippen LogP contribution >= 0.6 is 11.3 Å². The highest BCUT2D eigenvalue weighted by Gasteiger charge is 2.29. The van der Waals surface area contributed by atoms with Gasteiger partial charge in [0, 0.05) is 16.6 Å². The van der Waals surface area contributed by atoms with Gasteiger partial charge in [0.05, 0.1) is 12.1 Å². The molecule has 1 amide bonds. The molecule has 0 fully saturated rings. The fraction of sp³-hybridized carbons (Fsp3) is 0.400. The molecule has 2 aliphatic rings. The van der Waals surface area contributed by atoms with Gasteiger partial charge >= 0.3 is 5.97 Å². The second-order valence-corrected chi connectivity index (χ2v) is 8.18. The quantitative estimate of drug-likeness (QED) is 0.861. The number of fused-ring (bicyclic) bond motifs is 2. The summed E-state index contributed by atoms with van der Waals surface area (Å²) in [6.07, 6.45) is 4.73. The van der Waals surface area contributed by atoms with Crippen molar-refractivity contribution in [2.45, 2.75) is 45.1 Å². The molecule has 2 aromatic rings. The predicted octanol–water partition coefficient (Wildman–Crippen LogP) is 3.71. The summed E-state index contributed by atoms with van der Waals surface area (Å²) in [6.45, 7) is 2.35. The minimum atomic E-state index is -0.945. The minimum Gasteiger partial charge on any atom is -0.478 e. The van der Waals surface area contributed by atoms with E-state index in [1.165, 1.54) is 16.9 Å². The summed E-state index contributed by atoms with van der Waals surface area (Å²) in [5.41, 5.74) is 3.57. The standard InChI is InChI=1S/C20H22N2O3S/c1-12-10-13-6-2-4-8-15(13)22(12)11-17(23)21-19-18(20(24)25)14-7-3-5-9-16(14)26-19/h2,4,6,8,12H,3,5,7,9-11H2,1H3,(H,21,23)(H,24,25). The maximum atomic E-state index is 12.7. The van der Waals surface area contributed by atoms with Crippen LogP contribution in [-0.2, 0) is 24.1 Å². The van der Waals surface area contributed by atoms with Gasteiger partial charge in [0.15, 0.2) is 0 Å². The Morgan fingerprint density at radius 2 is 2.04 bits per heavy atom. The van der Waals surface area contributed by atoms with Crippen molar-refractivity contribution in [2.24, 2.45) is 0 Å². The Morgan fingerprint density at radius 3 is 2.85 bits per heavy atom. The van der Waals surface area contributed by atoms with Crippen molar-refractivity contribution >= 4 is 33.9 Å². The lowest BCUT2D eigenvalue weighted by molar-refractivity contribution is -0.115. The normalized spacial score (nSPS) is 18.3. The maximum Gasteiger partial charge on any atom is 0.339 e. The van der Waals surface area contributed by atoms with Gasteiger partial charge in [-0.3, -0.25) is 4.79 Å². The first kappa shape index (κ1) is 17.1. The molecule has 1 aromatic heterocycles. The number of amides is 1. The molecule has 5 nitrogen and oxygen atoms in total. The van der Waals surface area contributed by atoms with Crippen molar-refractivity contribution in [3.05, 3.63) is 45.8 Å². The summed E-state index contributed by atoms with van der Waals surface area (Å²) in [7, 11) is 0. The molecule has 0 radical (unpaired) electrons. The second-order valence-electron chi connectivity index (χ2n) is 7.08. The van der Waals surface area contributed by atoms with Gasteiger partial charge in [-0.15, -0.1) is 11.3 Å². The number of carbonyl (C=O) groups is 2. The number of rotatable bonds is 4. The van der Waals surface area contributed by atoms with E-state index >= 15 is 0 Å². The SMILES string of the molecule is CC1Cc2ccccc2N1CC(=O)Nc1sc2c(c1C(=O)O)CCCC2. The van der Waals surface area contributed by atoms with E-state index < -0.39 is 5.97 Å². The number of carbonyl (C=O) groups excluding carboxylic acids is 1. The lowest BCUT2D eigenvalue weighted by Crippen LogP contribution is -2.37. The maximum absolute atomic E-state index is 12.7. The molecule has 0 saturated carbocycles. The lowest BCUT2D eigenvalue weighted by Gasteiger charge is -2.24. The zero-order chi connectivity index (χ0) is 18.3. The molecule has 6 heteroatoms. The van der Waals surface area contributed by atoms with Crippen molar-refractivity contribution in [3.63, 3.8) is 0 Å². The van der Waals surface area contributed by atoms with E-state index in [4.69, 9.17) is 0 Å². The number of carboxylic acids is 1. The third-order valence-corrected chi connectivity index (χ3v) is 6.51. The number of aromatic carboxylic acids is 1. The van der Waals surface area contributed by atoms with Crippen LogP contribution in [0.2, 0.25) is 0 Å². The van der Waals surface area contributed by atoms with Crippen LogP contribution in [0.4, 0.5) is 10.7 Å². The summed E-state index contributed by atoms with van der Waals surface area (Å²) in [5, 5.41) is 13.0. The first-order chi connectivity index (χ1) is 12.5. The molecule has 0 spiro atoms. The molecule has 2 heterocycles. The Hall–Kier alpha value is -2.34. The van der Waals surface area contributed by atoms with Gasteiger partial charge in [-0.25, -0.2) is 4.79 Å². The lowest BCUT2D eigenvalue weighted by atomic mass is 9.95. The highest BCUT2D eigenvalue weighted by Crippen LogP contribution is 2.38. The van der Waals surface area contributed by atoms with Gasteiger partial charge in [0.2, 0.25) is 5.91 Å². The summed E-state index contributed by atoms with van der Waals surface area (Å²) < 4.78 is 0. The highest BCUT2D eigenvalue weighted by molar-refractivity contribution is 7.17. The van der Waals surface area contributed by atoms with Crippen LogP contribution in [0, 0.1) is 0 Å². The number of hydrogen-bond acceptors (Lipinski definition) is 4. The average molecular weight is 370 g/mol. The zero-order valence-electron chi connectivity index (χ0n) is 14.7. The second kappa shape index (κ2) is 6.76. The molecule has 26 heavy (non-hydrogen) atoms. The first-order valence-corrected chi connectivity index (χ1v) is 9.88. The fourth-order valence-corrected chi connectivity index (χ4v) is 5.37. The van der Waals surface area contributed by atoms with E-state index in [0.717, 1.165) is 48.2 Å². The number of thiophene rings is 1. The Bertz CT molecular complexity index is 874. The van der Waals surface area contributed by atoms with Gasteiger partial charge in [0.1, 0.15) is 5.00 Å².